The molecule has 0 aliphatic rings. The van der Waals surface area contributed by atoms with Crippen LogP contribution in [0.4, 0.5) is 0 Å². The highest BCUT2D eigenvalue weighted by Gasteiger charge is 2.11. The van der Waals surface area contributed by atoms with Gasteiger partial charge in [-0.25, -0.2) is 0 Å². The summed E-state index contributed by atoms with van der Waals surface area (Å²) in [5.41, 5.74) is 0.487. The summed E-state index contributed by atoms with van der Waals surface area (Å²) in [6.07, 6.45) is 3.20. The third kappa shape index (κ3) is 3.31. The standard InChI is InChI=1S/C15H15NO3/c1-2-19-15-6-4-3-5-13(15)14(18)11-16-9-7-12(17)8-10-16/h3-10H,2,11H2,1H3. The van der Waals surface area contributed by atoms with Crippen LogP contribution in [0.5, 0.6) is 5.75 Å². The fourth-order valence-corrected chi connectivity index (χ4v) is 1.78. The zero-order chi connectivity index (χ0) is 13.7. The number of ether oxygens (including phenoxy) is 1. The number of Topliss-reactive ketones (excluding diaryl/α,β-unsaturated/α-hetero) is 1. The van der Waals surface area contributed by atoms with Gasteiger partial charge in [0.05, 0.1) is 18.7 Å². The smallest absolute Gasteiger partial charge is 0.186 e. The van der Waals surface area contributed by atoms with Crippen LogP contribution in [0, 0.1) is 0 Å². The molecule has 2 aromatic rings. The molecule has 0 atom stereocenters. The van der Waals surface area contributed by atoms with Crippen molar-refractivity contribution in [2.75, 3.05) is 6.61 Å². The zero-order valence-electron chi connectivity index (χ0n) is 10.7. The molecule has 4 nitrogen and oxygen atoms in total. The fraction of sp³-hybridized carbons (Fsp3) is 0.200. The van der Waals surface area contributed by atoms with Gasteiger partial charge in [-0.15, -0.1) is 0 Å². The summed E-state index contributed by atoms with van der Waals surface area (Å²) in [6, 6.07) is 10.0. The number of para-hydroxylation sites is 1. The Balaban J connectivity index is 2.20. The van der Waals surface area contributed by atoms with Gasteiger partial charge >= 0.3 is 0 Å². The summed E-state index contributed by atoms with van der Waals surface area (Å²) in [4.78, 5) is 23.2. The molecule has 0 aliphatic carbocycles. The second-order valence-electron chi connectivity index (χ2n) is 4.06. The van der Waals surface area contributed by atoms with Crippen LogP contribution in [0.2, 0.25) is 0 Å². The molecule has 0 radical (unpaired) electrons. The van der Waals surface area contributed by atoms with E-state index in [9.17, 15) is 9.59 Å². The Kier molecular flexibility index (Phi) is 4.13. The highest BCUT2D eigenvalue weighted by Crippen LogP contribution is 2.18. The molecular formula is C15H15NO3. The van der Waals surface area contributed by atoms with Crippen LogP contribution >= 0.6 is 0 Å². The molecule has 0 N–H and O–H groups in total. The minimum Gasteiger partial charge on any atom is -0.493 e. The molecule has 98 valence electrons. The van der Waals surface area contributed by atoms with Crippen molar-refractivity contribution in [1.29, 1.82) is 0 Å². The maximum absolute atomic E-state index is 12.2. The van der Waals surface area contributed by atoms with Crippen LogP contribution in [-0.4, -0.2) is 17.0 Å². The van der Waals surface area contributed by atoms with E-state index in [1.807, 2.05) is 13.0 Å². The Morgan fingerprint density at radius 2 is 1.84 bits per heavy atom. The Bertz CT molecular complexity index is 611. The van der Waals surface area contributed by atoms with E-state index < -0.39 is 0 Å². The lowest BCUT2D eigenvalue weighted by atomic mass is 10.1. The zero-order valence-corrected chi connectivity index (χ0v) is 10.7. The van der Waals surface area contributed by atoms with Gasteiger partial charge in [0.1, 0.15) is 5.75 Å². The second kappa shape index (κ2) is 6.00. The first-order chi connectivity index (χ1) is 9.20. The molecule has 0 bridgehead atoms. The average Bonchev–Trinajstić information content (AvgIpc) is 2.42. The van der Waals surface area contributed by atoms with Gasteiger partial charge in [-0.1, -0.05) is 12.1 Å². The maximum atomic E-state index is 12.2. The minimum atomic E-state index is -0.0709. The van der Waals surface area contributed by atoms with Crippen molar-refractivity contribution in [3.05, 3.63) is 64.6 Å². The van der Waals surface area contributed by atoms with E-state index in [1.54, 1.807) is 35.2 Å². The van der Waals surface area contributed by atoms with Gasteiger partial charge in [0, 0.05) is 24.5 Å². The number of aromatic nitrogens is 1. The molecular weight excluding hydrogens is 242 g/mol. The van der Waals surface area contributed by atoms with Gasteiger partial charge in [0.15, 0.2) is 11.2 Å². The maximum Gasteiger partial charge on any atom is 0.186 e. The molecule has 19 heavy (non-hydrogen) atoms. The number of carbonyl (C=O) groups excluding carboxylic acids is 1. The van der Waals surface area contributed by atoms with E-state index in [1.165, 1.54) is 12.1 Å². The molecule has 0 amide bonds. The van der Waals surface area contributed by atoms with E-state index in [4.69, 9.17) is 4.74 Å². The number of carbonyl (C=O) groups is 1. The van der Waals surface area contributed by atoms with Crippen molar-refractivity contribution in [3.63, 3.8) is 0 Å². The number of nitrogens with zero attached hydrogens (tertiary/aromatic N) is 1. The number of rotatable bonds is 5. The van der Waals surface area contributed by atoms with Crippen molar-refractivity contribution in [2.24, 2.45) is 0 Å². The molecule has 0 saturated heterocycles. The molecule has 0 saturated carbocycles. The van der Waals surface area contributed by atoms with Crippen LogP contribution in [0.25, 0.3) is 0 Å². The van der Waals surface area contributed by atoms with E-state index in [0.29, 0.717) is 17.9 Å². The quantitative estimate of drug-likeness (QED) is 0.771. The Morgan fingerprint density at radius 3 is 2.53 bits per heavy atom. The number of ketones is 1. The highest BCUT2D eigenvalue weighted by molar-refractivity contribution is 5.98. The second-order valence-corrected chi connectivity index (χ2v) is 4.06. The molecule has 1 heterocycles. The lowest BCUT2D eigenvalue weighted by Crippen LogP contribution is -2.13. The van der Waals surface area contributed by atoms with Gasteiger partial charge in [-0.2, -0.15) is 0 Å². The van der Waals surface area contributed by atoms with Crippen LogP contribution in [0.1, 0.15) is 17.3 Å². The lowest BCUT2D eigenvalue weighted by Gasteiger charge is -2.10. The summed E-state index contributed by atoms with van der Waals surface area (Å²) in [5.74, 6) is 0.545. The van der Waals surface area contributed by atoms with Crippen molar-refractivity contribution in [2.45, 2.75) is 13.5 Å². The van der Waals surface area contributed by atoms with Crippen LogP contribution < -0.4 is 10.2 Å². The Morgan fingerprint density at radius 1 is 1.16 bits per heavy atom. The van der Waals surface area contributed by atoms with E-state index in [-0.39, 0.29) is 17.8 Å². The minimum absolute atomic E-state index is 0.0484. The normalized spacial score (nSPS) is 10.2. The molecule has 0 fully saturated rings. The van der Waals surface area contributed by atoms with Crippen LogP contribution in [0.3, 0.4) is 0 Å². The van der Waals surface area contributed by atoms with Gasteiger partial charge in [0.2, 0.25) is 0 Å². The third-order valence-electron chi connectivity index (χ3n) is 2.67. The molecule has 2 rings (SSSR count). The van der Waals surface area contributed by atoms with Gasteiger partial charge in [0.25, 0.3) is 0 Å². The first-order valence-corrected chi connectivity index (χ1v) is 6.12. The molecule has 4 heteroatoms. The van der Waals surface area contributed by atoms with Crippen LogP contribution in [-0.2, 0) is 6.54 Å². The van der Waals surface area contributed by atoms with Crippen molar-refractivity contribution in [1.82, 2.24) is 4.57 Å². The number of benzene rings is 1. The summed E-state index contributed by atoms with van der Waals surface area (Å²) < 4.78 is 7.11. The van der Waals surface area contributed by atoms with Gasteiger partial charge in [-0.3, -0.25) is 9.59 Å². The predicted octanol–water partition coefficient (Wildman–Crippen LogP) is 2.13. The first kappa shape index (κ1) is 13.1. The topological polar surface area (TPSA) is 48.3 Å². The van der Waals surface area contributed by atoms with Gasteiger partial charge < -0.3 is 9.30 Å². The van der Waals surface area contributed by atoms with Crippen LogP contribution in [0.15, 0.2) is 53.6 Å². The summed E-state index contributed by atoms with van der Waals surface area (Å²) in [5, 5.41) is 0. The number of hydrogen-bond donors (Lipinski definition) is 0. The van der Waals surface area contributed by atoms with E-state index >= 15 is 0 Å². The lowest BCUT2D eigenvalue weighted by molar-refractivity contribution is 0.0968. The summed E-state index contributed by atoms with van der Waals surface area (Å²) >= 11 is 0. The number of pyridine rings is 1. The number of hydrogen-bond acceptors (Lipinski definition) is 3. The molecule has 0 aliphatic heterocycles. The Hall–Kier alpha value is -2.36. The molecule has 0 unspecified atom stereocenters. The fourth-order valence-electron chi connectivity index (χ4n) is 1.78. The van der Waals surface area contributed by atoms with E-state index in [0.717, 1.165) is 0 Å². The first-order valence-electron chi connectivity index (χ1n) is 6.12. The van der Waals surface area contributed by atoms with E-state index in [2.05, 4.69) is 0 Å². The monoisotopic (exact) mass is 257 g/mol. The van der Waals surface area contributed by atoms with Crippen molar-refractivity contribution >= 4 is 5.78 Å². The molecule has 1 aromatic heterocycles. The summed E-state index contributed by atoms with van der Waals surface area (Å²) in [7, 11) is 0. The van der Waals surface area contributed by atoms with Crippen molar-refractivity contribution in [3.8, 4) is 5.75 Å². The van der Waals surface area contributed by atoms with Gasteiger partial charge in [-0.05, 0) is 19.1 Å². The largest absolute Gasteiger partial charge is 0.493 e. The molecule has 1 aromatic carbocycles. The average molecular weight is 257 g/mol. The summed E-state index contributed by atoms with van der Waals surface area (Å²) in [6.45, 7) is 2.58. The highest BCUT2D eigenvalue weighted by atomic mass is 16.5. The predicted molar refractivity (Wildman–Crippen MR) is 72.6 cm³/mol. The molecule has 0 spiro atoms. The third-order valence-corrected chi connectivity index (χ3v) is 2.67. The Labute approximate surface area is 111 Å². The SMILES string of the molecule is CCOc1ccccc1C(=O)Cn1ccc(=O)cc1. The van der Waals surface area contributed by atoms with Crippen molar-refractivity contribution < 1.29 is 9.53 Å².